The lowest BCUT2D eigenvalue weighted by molar-refractivity contribution is 0.409. The third-order valence-electron chi connectivity index (χ3n) is 3.20. The lowest BCUT2D eigenvalue weighted by Crippen LogP contribution is -2.35. The van der Waals surface area contributed by atoms with Crippen LogP contribution in [0, 0.1) is 12.8 Å². The highest BCUT2D eigenvalue weighted by molar-refractivity contribution is 5.55. The number of nitrogens with zero attached hydrogens (tertiary/aromatic N) is 2. The highest BCUT2D eigenvalue weighted by atomic mass is 15.2. The summed E-state index contributed by atoms with van der Waals surface area (Å²) in [5, 5.41) is 0. The second kappa shape index (κ2) is 7.51. The van der Waals surface area contributed by atoms with Gasteiger partial charge in [-0.3, -0.25) is 0 Å². The first kappa shape index (κ1) is 16.0. The van der Waals surface area contributed by atoms with Gasteiger partial charge in [0.25, 0.3) is 0 Å². The molecule has 0 aliphatic heterocycles. The minimum Gasteiger partial charge on any atom is -0.370 e. The lowest BCUT2D eigenvalue weighted by Gasteiger charge is -2.30. The van der Waals surface area contributed by atoms with E-state index in [0.717, 1.165) is 19.6 Å². The molecule has 1 aromatic carbocycles. The summed E-state index contributed by atoms with van der Waals surface area (Å²) in [4.78, 5) is 4.70. The van der Waals surface area contributed by atoms with E-state index in [0.29, 0.717) is 12.5 Å². The van der Waals surface area contributed by atoms with Crippen LogP contribution in [0.4, 0.5) is 5.69 Å². The van der Waals surface area contributed by atoms with Crippen molar-refractivity contribution < 1.29 is 0 Å². The van der Waals surface area contributed by atoms with Crippen LogP contribution in [0.2, 0.25) is 0 Å². The molecule has 0 saturated carbocycles. The number of likely N-dealkylation sites (N-methyl/N-ethyl adjacent to an activating group) is 1. The zero-order valence-electron chi connectivity index (χ0n) is 13.1. The van der Waals surface area contributed by atoms with Crippen molar-refractivity contribution in [2.45, 2.75) is 27.3 Å². The largest absolute Gasteiger partial charge is 0.370 e. The zero-order chi connectivity index (χ0) is 14.4. The Kier molecular flexibility index (Phi) is 6.32. The molecule has 2 N–H and O–H groups in total. The van der Waals surface area contributed by atoms with Gasteiger partial charge in [-0.25, -0.2) is 0 Å². The van der Waals surface area contributed by atoms with Crippen LogP contribution in [0.3, 0.4) is 0 Å². The molecule has 0 heterocycles. The molecular formula is C16H29N3. The Hall–Kier alpha value is -1.06. The summed E-state index contributed by atoms with van der Waals surface area (Å²) in [5.74, 6) is 0.647. The fraction of sp³-hybridized carbons (Fsp3) is 0.625. The average molecular weight is 263 g/mol. The summed E-state index contributed by atoms with van der Waals surface area (Å²) in [6, 6.07) is 6.57. The van der Waals surface area contributed by atoms with Gasteiger partial charge in [-0.15, -0.1) is 0 Å². The average Bonchev–Trinajstić information content (AvgIpc) is 2.33. The molecule has 1 rings (SSSR count). The number of nitrogens with two attached hydrogens (primary N) is 1. The highest BCUT2D eigenvalue weighted by Crippen LogP contribution is 2.23. The first-order chi connectivity index (χ1) is 8.93. The summed E-state index contributed by atoms with van der Waals surface area (Å²) in [5.41, 5.74) is 9.73. The maximum absolute atomic E-state index is 5.89. The van der Waals surface area contributed by atoms with Crippen LogP contribution < -0.4 is 10.6 Å². The van der Waals surface area contributed by atoms with E-state index in [9.17, 15) is 0 Å². The Morgan fingerprint density at radius 2 is 1.84 bits per heavy atom. The molecule has 1 aromatic rings. The number of benzene rings is 1. The monoisotopic (exact) mass is 263 g/mol. The summed E-state index contributed by atoms with van der Waals surface area (Å²) < 4.78 is 0. The molecule has 0 fully saturated rings. The number of aryl methyl sites for hydroxylation is 1. The van der Waals surface area contributed by atoms with Crippen molar-refractivity contribution in [1.29, 1.82) is 0 Å². The van der Waals surface area contributed by atoms with E-state index < -0.39 is 0 Å². The predicted molar refractivity (Wildman–Crippen MR) is 84.7 cm³/mol. The first-order valence-corrected chi connectivity index (χ1v) is 7.13. The molecule has 0 bridgehead atoms. The van der Waals surface area contributed by atoms with Crippen LogP contribution in [0.25, 0.3) is 0 Å². The third kappa shape index (κ3) is 5.21. The molecule has 0 saturated heterocycles. The van der Waals surface area contributed by atoms with Crippen molar-refractivity contribution in [1.82, 2.24) is 4.90 Å². The molecular weight excluding hydrogens is 234 g/mol. The van der Waals surface area contributed by atoms with Gasteiger partial charge in [0.1, 0.15) is 0 Å². The Balaban J connectivity index is 2.97. The maximum Gasteiger partial charge on any atom is 0.0414 e. The molecule has 0 amide bonds. The molecule has 0 radical (unpaired) electrons. The molecule has 0 aliphatic carbocycles. The molecule has 19 heavy (non-hydrogen) atoms. The van der Waals surface area contributed by atoms with Gasteiger partial charge < -0.3 is 15.5 Å². The topological polar surface area (TPSA) is 32.5 Å². The van der Waals surface area contributed by atoms with Gasteiger partial charge in [0.15, 0.2) is 0 Å². The lowest BCUT2D eigenvalue weighted by atomic mass is 10.1. The number of hydrogen-bond acceptors (Lipinski definition) is 3. The first-order valence-electron chi connectivity index (χ1n) is 7.13. The second-order valence-corrected chi connectivity index (χ2v) is 5.98. The number of hydrogen-bond donors (Lipinski definition) is 1. The van der Waals surface area contributed by atoms with Crippen LogP contribution >= 0.6 is 0 Å². The van der Waals surface area contributed by atoms with Crippen molar-refractivity contribution in [3.05, 3.63) is 29.3 Å². The number of rotatable bonds is 7. The van der Waals surface area contributed by atoms with Gasteiger partial charge in [0.05, 0.1) is 0 Å². The van der Waals surface area contributed by atoms with Crippen LogP contribution in [0.5, 0.6) is 0 Å². The molecule has 108 valence electrons. The molecule has 3 nitrogen and oxygen atoms in total. The van der Waals surface area contributed by atoms with E-state index in [1.165, 1.54) is 16.8 Å². The van der Waals surface area contributed by atoms with E-state index in [4.69, 9.17) is 5.73 Å². The maximum atomic E-state index is 5.89. The zero-order valence-corrected chi connectivity index (χ0v) is 13.1. The Bertz CT molecular complexity index is 386. The summed E-state index contributed by atoms with van der Waals surface area (Å²) in [7, 11) is 4.24. The van der Waals surface area contributed by atoms with Crippen molar-refractivity contribution in [2.24, 2.45) is 11.7 Å². The van der Waals surface area contributed by atoms with Gasteiger partial charge in [-0.1, -0.05) is 26.0 Å². The van der Waals surface area contributed by atoms with Gasteiger partial charge in [0.2, 0.25) is 0 Å². The van der Waals surface area contributed by atoms with Crippen LogP contribution in [0.15, 0.2) is 18.2 Å². The summed E-state index contributed by atoms with van der Waals surface area (Å²) in [6.07, 6.45) is 0. The van der Waals surface area contributed by atoms with Crippen molar-refractivity contribution in [3.63, 3.8) is 0 Å². The predicted octanol–water partition coefficient (Wildman–Crippen LogP) is 2.48. The number of anilines is 1. The molecule has 3 heteroatoms. The van der Waals surface area contributed by atoms with Crippen molar-refractivity contribution in [3.8, 4) is 0 Å². The van der Waals surface area contributed by atoms with E-state index in [-0.39, 0.29) is 0 Å². The summed E-state index contributed by atoms with van der Waals surface area (Å²) >= 11 is 0. The third-order valence-corrected chi connectivity index (χ3v) is 3.20. The van der Waals surface area contributed by atoms with Gasteiger partial charge in [-0.2, -0.15) is 0 Å². The van der Waals surface area contributed by atoms with E-state index in [2.05, 4.69) is 62.9 Å². The van der Waals surface area contributed by atoms with Crippen LogP contribution in [0.1, 0.15) is 25.0 Å². The molecule has 0 aromatic heterocycles. The van der Waals surface area contributed by atoms with Gasteiger partial charge in [-0.05, 0) is 44.1 Å². The summed E-state index contributed by atoms with van der Waals surface area (Å²) in [6.45, 7) is 10.5. The molecule has 0 aliphatic rings. The Labute approximate surface area is 118 Å². The fourth-order valence-corrected chi connectivity index (χ4v) is 2.21. The SMILES string of the molecule is Cc1ccc(CN)c(N(CCN(C)C)CC(C)C)c1. The fourth-order valence-electron chi connectivity index (χ4n) is 2.21. The standard InChI is InChI=1S/C16H29N3/c1-13(2)12-19(9-8-18(4)5)16-10-14(3)6-7-15(16)11-17/h6-7,10,13H,8-9,11-12,17H2,1-5H3. The normalized spacial score (nSPS) is 11.4. The van der Waals surface area contributed by atoms with Crippen LogP contribution in [-0.4, -0.2) is 38.6 Å². The van der Waals surface area contributed by atoms with E-state index >= 15 is 0 Å². The molecule has 0 atom stereocenters. The second-order valence-electron chi connectivity index (χ2n) is 5.98. The Morgan fingerprint density at radius 1 is 1.16 bits per heavy atom. The highest BCUT2D eigenvalue weighted by Gasteiger charge is 2.12. The minimum atomic E-state index is 0.603. The smallest absolute Gasteiger partial charge is 0.0414 e. The van der Waals surface area contributed by atoms with Gasteiger partial charge >= 0.3 is 0 Å². The minimum absolute atomic E-state index is 0.603. The van der Waals surface area contributed by atoms with Crippen LogP contribution in [-0.2, 0) is 6.54 Å². The van der Waals surface area contributed by atoms with E-state index in [1.807, 2.05) is 0 Å². The van der Waals surface area contributed by atoms with Gasteiger partial charge in [0, 0.05) is 31.9 Å². The van der Waals surface area contributed by atoms with Crippen molar-refractivity contribution in [2.75, 3.05) is 38.6 Å². The quantitative estimate of drug-likeness (QED) is 0.820. The van der Waals surface area contributed by atoms with E-state index in [1.54, 1.807) is 0 Å². The van der Waals surface area contributed by atoms with Crippen molar-refractivity contribution >= 4 is 5.69 Å². The molecule has 0 spiro atoms. The molecule has 0 unspecified atom stereocenters. The Morgan fingerprint density at radius 3 is 2.37 bits per heavy atom.